The number of ether oxygens (including phenoxy) is 4. The Morgan fingerprint density at radius 2 is 1.29 bits per heavy atom. The van der Waals surface area contributed by atoms with Crippen LogP contribution in [0.2, 0.25) is 0 Å². The molecule has 1 aliphatic rings. The van der Waals surface area contributed by atoms with E-state index in [2.05, 4.69) is 5.32 Å². The summed E-state index contributed by atoms with van der Waals surface area (Å²) in [4.78, 5) is 24.5. The molecule has 1 aromatic carbocycles. The van der Waals surface area contributed by atoms with Gasteiger partial charge in [0.1, 0.15) is 23.3 Å². The molecule has 0 bridgehead atoms. The second-order valence-electron chi connectivity index (χ2n) is 7.54. The Hall–Kier alpha value is -3.03. The maximum atomic E-state index is 13.6. The standard InChI is InChI=1S/C23H30FNO6/c1-7-28-22(26)30-20-17(15-9-11-16(24)12-10-15)21(31-23(27)29-8-2)19(14(5)6)25-18(20)13(3)4/h9-14,17,25H,7-8H2,1-6H3. The number of carbonyl (C=O) groups is 2. The molecular formula is C23H30FNO6. The molecule has 0 saturated carbocycles. The Morgan fingerprint density at radius 3 is 1.65 bits per heavy atom. The minimum absolute atomic E-state index is 0.0646. The van der Waals surface area contributed by atoms with Crippen LogP contribution in [0.1, 0.15) is 53.0 Å². The number of carbonyl (C=O) groups excluding carboxylic acids is 2. The van der Waals surface area contributed by atoms with Gasteiger partial charge in [0.25, 0.3) is 0 Å². The predicted molar refractivity (Wildman–Crippen MR) is 112 cm³/mol. The van der Waals surface area contributed by atoms with Crippen LogP contribution >= 0.6 is 0 Å². The summed E-state index contributed by atoms with van der Waals surface area (Å²) in [5.41, 5.74) is 1.86. The third-order valence-electron chi connectivity index (χ3n) is 4.59. The van der Waals surface area contributed by atoms with Crippen LogP contribution in [0.5, 0.6) is 0 Å². The second-order valence-corrected chi connectivity index (χ2v) is 7.54. The van der Waals surface area contributed by atoms with Crippen molar-refractivity contribution in [2.24, 2.45) is 11.8 Å². The fourth-order valence-corrected chi connectivity index (χ4v) is 3.22. The van der Waals surface area contributed by atoms with Crippen LogP contribution in [0, 0.1) is 17.7 Å². The first-order valence-corrected chi connectivity index (χ1v) is 10.4. The first-order valence-electron chi connectivity index (χ1n) is 10.4. The van der Waals surface area contributed by atoms with Gasteiger partial charge in [0.05, 0.1) is 24.6 Å². The average molecular weight is 435 g/mol. The highest BCUT2D eigenvalue weighted by Gasteiger charge is 2.39. The number of hydrogen-bond donors (Lipinski definition) is 1. The van der Waals surface area contributed by atoms with Crippen LogP contribution in [-0.2, 0) is 18.9 Å². The molecule has 0 amide bonds. The summed E-state index contributed by atoms with van der Waals surface area (Å²) in [5, 5.41) is 3.28. The molecule has 8 heteroatoms. The summed E-state index contributed by atoms with van der Waals surface area (Å²) in [5.74, 6) is -0.881. The zero-order valence-electron chi connectivity index (χ0n) is 18.8. The summed E-state index contributed by atoms with van der Waals surface area (Å²) >= 11 is 0. The van der Waals surface area contributed by atoms with Crippen LogP contribution < -0.4 is 5.32 Å². The molecule has 0 atom stereocenters. The van der Waals surface area contributed by atoms with Crippen molar-refractivity contribution in [1.29, 1.82) is 0 Å². The monoisotopic (exact) mass is 435 g/mol. The normalized spacial score (nSPS) is 14.6. The van der Waals surface area contributed by atoms with E-state index in [9.17, 15) is 14.0 Å². The highest BCUT2D eigenvalue weighted by Crippen LogP contribution is 2.42. The lowest BCUT2D eigenvalue weighted by atomic mass is 9.86. The van der Waals surface area contributed by atoms with Crippen molar-refractivity contribution in [2.75, 3.05) is 13.2 Å². The fraction of sp³-hybridized carbons (Fsp3) is 0.478. The first kappa shape index (κ1) is 24.2. The highest BCUT2D eigenvalue weighted by atomic mass is 19.1. The number of hydrogen-bond acceptors (Lipinski definition) is 7. The lowest BCUT2D eigenvalue weighted by molar-refractivity contribution is 0.0636. The Morgan fingerprint density at radius 1 is 0.871 bits per heavy atom. The molecule has 0 aliphatic carbocycles. The van der Waals surface area contributed by atoms with Crippen molar-refractivity contribution in [3.63, 3.8) is 0 Å². The van der Waals surface area contributed by atoms with Crippen molar-refractivity contribution < 1.29 is 32.9 Å². The molecule has 0 aromatic heterocycles. The van der Waals surface area contributed by atoms with Gasteiger partial charge in [-0.2, -0.15) is 0 Å². The van der Waals surface area contributed by atoms with Crippen molar-refractivity contribution in [3.8, 4) is 0 Å². The van der Waals surface area contributed by atoms with E-state index in [1.165, 1.54) is 12.1 Å². The van der Waals surface area contributed by atoms with Gasteiger partial charge in [0, 0.05) is 0 Å². The van der Waals surface area contributed by atoms with Crippen LogP contribution in [0.4, 0.5) is 14.0 Å². The molecule has 1 heterocycles. The van der Waals surface area contributed by atoms with Gasteiger partial charge in [-0.05, 0) is 43.4 Å². The number of benzene rings is 1. The Labute approximate surface area is 182 Å². The topological polar surface area (TPSA) is 83.1 Å². The molecule has 0 unspecified atom stereocenters. The van der Waals surface area contributed by atoms with Gasteiger partial charge in [-0.1, -0.05) is 39.8 Å². The summed E-state index contributed by atoms with van der Waals surface area (Å²) in [6, 6.07) is 5.71. The average Bonchev–Trinajstić information content (AvgIpc) is 2.69. The van der Waals surface area contributed by atoms with Crippen LogP contribution in [0.15, 0.2) is 47.2 Å². The highest BCUT2D eigenvalue weighted by molar-refractivity contribution is 5.65. The second kappa shape index (κ2) is 10.8. The molecule has 170 valence electrons. The summed E-state index contributed by atoms with van der Waals surface area (Å²) in [6.07, 6.45) is -1.76. The third kappa shape index (κ3) is 5.99. The Bertz CT molecular complexity index is 809. The van der Waals surface area contributed by atoms with Gasteiger partial charge in [0.2, 0.25) is 0 Å². The first-order chi connectivity index (χ1) is 14.7. The maximum absolute atomic E-state index is 13.6. The van der Waals surface area contributed by atoms with Gasteiger partial charge in [-0.3, -0.25) is 0 Å². The van der Waals surface area contributed by atoms with Crippen molar-refractivity contribution in [3.05, 3.63) is 58.6 Å². The Kier molecular flexibility index (Phi) is 8.47. The van der Waals surface area contributed by atoms with E-state index >= 15 is 0 Å². The molecule has 1 N–H and O–H groups in total. The molecule has 1 aromatic rings. The zero-order chi connectivity index (χ0) is 23.1. The quantitative estimate of drug-likeness (QED) is 0.559. The Balaban J connectivity index is 2.70. The smallest absolute Gasteiger partial charge is 0.434 e. The van der Waals surface area contributed by atoms with Crippen LogP contribution in [0.3, 0.4) is 0 Å². The minimum Gasteiger partial charge on any atom is -0.434 e. The summed E-state index contributed by atoms with van der Waals surface area (Å²) in [7, 11) is 0. The molecule has 0 radical (unpaired) electrons. The van der Waals surface area contributed by atoms with Gasteiger partial charge in [-0.25, -0.2) is 14.0 Å². The molecular weight excluding hydrogens is 405 g/mol. The number of rotatable bonds is 7. The third-order valence-corrected chi connectivity index (χ3v) is 4.59. The summed E-state index contributed by atoms with van der Waals surface area (Å²) in [6.45, 7) is 11.4. The molecule has 0 fully saturated rings. The largest absolute Gasteiger partial charge is 0.513 e. The SMILES string of the molecule is CCOC(=O)OC1=C(C(C)C)NC(C(C)C)=C(OC(=O)OCC)C1c1ccc(F)cc1. The molecule has 7 nitrogen and oxygen atoms in total. The lowest BCUT2D eigenvalue weighted by Crippen LogP contribution is -2.34. The van der Waals surface area contributed by atoms with Crippen LogP contribution in [-0.4, -0.2) is 25.5 Å². The maximum Gasteiger partial charge on any atom is 0.513 e. The molecule has 0 spiro atoms. The van der Waals surface area contributed by atoms with Gasteiger partial charge in [0.15, 0.2) is 0 Å². The van der Waals surface area contributed by atoms with Crippen LogP contribution in [0.25, 0.3) is 0 Å². The number of allylic oxidation sites excluding steroid dienone is 2. The van der Waals surface area contributed by atoms with Crippen molar-refractivity contribution >= 4 is 12.3 Å². The van der Waals surface area contributed by atoms with E-state index in [1.54, 1.807) is 26.0 Å². The molecule has 31 heavy (non-hydrogen) atoms. The van der Waals surface area contributed by atoms with E-state index in [1.807, 2.05) is 27.7 Å². The fourth-order valence-electron chi connectivity index (χ4n) is 3.22. The van der Waals surface area contributed by atoms with E-state index in [4.69, 9.17) is 18.9 Å². The van der Waals surface area contributed by atoms with E-state index in [0.29, 0.717) is 17.0 Å². The van der Waals surface area contributed by atoms with E-state index in [-0.39, 0.29) is 36.6 Å². The van der Waals surface area contributed by atoms with Crippen molar-refractivity contribution in [1.82, 2.24) is 5.32 Å². The number of nitrogens with one attached hydrogen (secondary N) is 1. The van der Waals surface area contributed by atoms with Crippen molar-refractivity contribution in [2.45, 2.75) is 47.5 Å². The zero-order valence-corrected chi connectivity index (χ0v) is 18.8. The lowest BCUT2D eigenvalue weighted by Gasteiger charge is -2.34. The molecule has 0 saturated heterocycles. The van der Waals surface area contributed by atoms with E-state index in [0.717, 1.165) is 0 Å². The minimum atomic E-state index is -0.881. The predicted octanol–water partition coefficient (Wildman–Crippen LogP) is 5.59. The molecule has 1 aliphatic heterocycles. The number of halogens is 1. The van der Waals surface area contributed by atoms with Gasteiger partial charge >= 0.3 is 12.3 Å². The van der Waals surface area contributed by atoms with Gasteiger partial charge < -0.3 is 24.3 Å². The van der Waals surface area contributed by atoms with Gasteiger partial charge in [-0.15, -0.1) is 0 Å². The summed E-state index contributed by atoms with van der Waals surface area (Å²) < 4.78 is 34.8. The molecule has 2 rings (SSSR count). The number of dihydropyridines is 1. The van der Waals surface area contributed by atoms with E-state index < -0.39 is 24.0 Å².